The Bertz CT molecular complexity index is 504. The lowest BCUT2D eigenvalue weighted by molar-refractivity contribution is -0.135. The van der Waals surface area contributed by atoms with Crippen molar-refractivity contribution in [2.45, 2.75) is 38.3 Å². The van der Waals surface area contributed by atoms with Crippen molar-refractivity contribution in [1.29, 1.82) is 0 Å². The van der Waals surface area contributed by atoms with Crippen molar-refractivity contribution in [3.8, 4) is 0 Å². The van der Waals surface area contributed by atoms with Crippen LogP contribution >= 0.6 is 24.0 Å². The van der Waals surface area contributed by atoms with Gasteiger partial charge < -0.3 is 19.8 Å². The van der Waals surface area contributed by atoms with Crippen LogP contribution in [-0.2, 0) is 11.2 Å². The van der Waals surface area contributed by atoms with E-state index in [9.17, 15) is 13.2 Å². The normalized spacial score (nSPS) is 17.8. The first kappa shape index (κ1) is 23.1. The monoisotopic (exact) mass is 489 g/mol. The van der Waals surface area contributed by atoms with Gasteiger partial charge in [-0.25, -0.2) is 0 Å². The highest BCUT2D eigenvalue weighted by molar-refractivity contribution is 14.0. The van der Waals surface area contributed by atoms with E-state index in [0.717, 1.165) is 25.4 Å². The Morgan fingerprint density at radius 3 is 2.69 bits per heavy atom. The maximum atomic E-state index is 12.2. The third kappa shape index (κ3) is 10.2. The topological polar surface area (TPSA) is 58.8 Å². The largest absolute Gasteiger partial charge is 0.469 e. The fraction of sp³-hybridized carbons (Fsp3) is 0.706. The number of furan rings is 1. The zero-order valence-corrected chi connectivity index (χ0v) is 17.0. The minimum atomic E-state index is -4.08. The number of ether oxygens (including phenoxy) is 1. The van der Waals surface area contributed by atoms with E-state index in [-0.39, 0.29) is 30.4 Å². The Labute approximate surface area is 169 Å². The molecule has 1 aromatic heterocycles. The van der Waals surface area contributed by atoms with E-state index >= 15 is 0 Å². The van der Waals surface area contributed by atoms with Crippen molar-refractivity contribution in [2.24, 2.45) is 10.9 Å². The zero-order chi connectivity index (χ0) is 18.0. The molecule has 0 spiro atoms. The summed E-state index contributed by atoms with van der Waals surface area (Å²) >= 11 is 0. The molecule has 2 heterocycles. The van der Waals surface area contributed by atoms with Crippen LogP contribution in [0.15, 0.2) is 27.8 Å². The summed E-state index contributed by atoms with van der Waals surface area (Å²) in [5, 5.41) is 6.32. The lowest BCUT2D eigenvalue weighted by Gasteiger charge is -2.13. The maximum absolute atomic E-state index is 12.2. The SMILES string of the molecule is FC(F)(F)CCCCNC(=NCC1CCOC1)NCCc1ccco1.I. The van der Waals surface area contributed by atoms with Gasteiger partial charge in [-0.2, -0.15) is 13.2 Å². The van der Waals surface area contributed by atoms with Crippen LogP contribution in [0.2, 0.25) is 0 Å². The van der Waals surface area contributed by atoms with E-state index in [1.807, 2.05) is 12.1 Å². The Morgan fingerprint density at radius 1 is 1.23 bits per heavy atom. The molecule has 1 aliphatic rings. The molecule has 150 valence electrons. The van der Waals surface area contributed by atoms with Crippen LogP contribution in [0.4, 0.5) is 13.2 Å². The summed E-state index contributed by atoms with van der Waals surface area (Å²) in [4.78, 5) is 4.53. The third-order valence-electron chi connectivity index (χ3n) is 3.96. The van der Waals surface area contributed by atoms with Gasteiger partial charge in [0.15, 0.2) is 5.96 Å². The predicted molar refractivity (Wildman–Crippen MR) is 105 cm³/mol. The molecule has 26 heavy (non-hydrogen) atoms. The molecule has 0 aromatic carbocycles. The minimum Gasteiger partial charge on any atom is -0.469 e. The van der Waals surface area contributed by atoms with Crippen LogP contribution in [0.25, 0.3) is 0 Å². The van der Waals surface area contributed by atoms with Crippen LogP contribution < -0.4 is 10.6 Å². The average molecular weight is 489 g/mol. The number of hydrogen-bond acceptors (Lipinski definition) is 3. The molecule has 1 unspecified atom stereocenters. The van der Waals surface area contributed by atoms with E-state index in [1.54, 1.807) is 6.26 Å². The van der Waals surface area contributed by atoms with Gasteiger partial charge in [-0.15, -0.1) is 24.0 Å². The Balaban J connectivity index is 0.00000338. The Morgan fingerprint density at radius 2 is 2.04 bits per heavy atom. The van der Waals surface area contributed by atoms with Crippen LogP contribution in [-0.4, -0.2) is 45.0 Å². The molecule has 2 rings (SSSR count). The summed E-state index contributed by atoms with van der Waals surface area (Å²) in [5.74, 6) is 1.92. The summed E-state index contributed by atoms with van der Waals surface area (Å²) < 4.78 is 47.1. The van der Waals surface area contributed by atoms with Gasteiger partial charge in [0.05, 0.1) is 12.9 Å². The first-order valence-electron chi connectivity index (χ1n) is 8.72. The zero-order valence-electron chi connectivity index (χ0n) is 14.7. The highest BCUT2D eigenvalue weighted by atomic mass is 127. The predicted octanol–water partition coefficient (Wildman–Crippen LogP) is 3.74. The maximum Gasteiger partial charge on any atom is 0.389 e. The molecule has 0 saturated carbocycles. The van der Waals surface area contributed by atoms with Crippen LogP contribution in [0.3, 0.4) is 0 Å². The number of aliphatic imine (C=N–C) groups is 1. The van der Waals surface area contributed by atoms with E-state index in [2.05, 4.69) is 15.6 Å². The number of rotatable bonds is 9. The second-order valence-electron chi connectivity index (χ2n) is 6.17. The number of nitrogens with zero attached hydrogens (tertiary/aromatic N) is 1. The molecule has 0 aliphatic carbocycles. The van der Waals surface area contributed by atoms with Gasteiger partial charge in [0.25, 0.3) is 0 Å². The second-order valence-corrected chi connectivity index (χ2v) is 6.17. The Hall–Kier alpha value is -0.970. The quantitative estimate of drug-likeness (QED) is 0.240. The minimum absolute atomic E-state index is 0. The summed E-state index contributed by atoms with van der Waals surface area (Å²) in [6, 6.07) is 3.74. The molecule has 0 radical (unpaired) electrons. The molecular formula is C17H27F3IN3O2. The molecule has 1 saturated heterocycles. The fourth-order valence-electron chi connectivity index (χ4n) is 2.54. The first-order chi connectivity index (χ1) is 12.0. The van der Waals surface area contributed by atoms with Crippen molar-refractivity contribution in [3.05, 3.63) is 24.2 Å². The molecule has 5 nitrogen and oxygen atoms in total. The number of nitrogens with one attached hydrogen (secondary N) is 2. The summed E-state index contributed by atoms with van der Waals surface area (Å²) in [6.45, 7) is 3.24. The van der Waals surface area contributed by atoms with Gasteiger partial charge in [-0.05, 0) is 31.4 Å². The second kappa shape index (κ2) is 12.4. The molecule has 0 amide bonds. The van der Waals surface area contributed by atoms with Gasteiger partial charge in [-0.3, -0.25) is 4.99 Å². The fourth-order valence-corrected chi connectivity index (χ4v) is 2.54. The lowest BCUT2D eigenvalue weighted by atomic mass is 10.1. The lowest BCUT2D eigenvalue weighted by Crippen LogP contribution is -2.39. The van der Waals surface area contributed by atoms with Gasteiger partial charge in [0, 0.05) is 45.0 Å². The van der Waals surface area contributed by atoms with E-state index in [4.69, 9.17) is 9.15 Å². The van der Waals surface area contributed by atoms with E-state index in [1.165, 1.54) is 0 Å². The number of hydrogen-bond donors (Lipinski definition) is 2. The van der Waals surface area contributed by atoms with Crippen molar-refractivity contribution in [3.63, 3.8) is 0 Å². The molecular weight excluding hydrogens is 462 g/mol. The number of halogens is 4. The van der Waals surface area contributed by atoms with Crippen LogP contribution in [0.5, 0.6) is 0 Å². The molecule has 1 aromatic rings. The molecule has 1 fully saturated rings. The molecule has 9 heteroatoms. The molecule has 1 atom stereocenters. The molecule has 1 aliphatic heterocycles. The van der Waals surface area contributed by atoms with Crippen molar-refractivity contribution in [1.82, 2.24) is 10.6 Å². The smallest absolute Gasteiger partial charge is 0.389 e. The number of unbranched alkanes of at least 4 members (excludes halogenated alkanes) is 1. The highest BCUT2D eigenvalue weighted by Crippen LogP contribution is 2.21. The number of guanidine groups is 1. The Kier molecular flexibility index (Phi) is 11.0. The van der Waals surface area contributed by atoms with Crippen LogP contribution in [0.1, 0.15) is 31.4 Å². The summed E-state index contributed by atoms with van der Waals surface area (Å²) in [7, 11) is 0. The first-order valence-corrected chi connectivity index (χ1v) is 8.72. The summed E-state index contributed by atoms with van der Waals surface area (Å²) in [6.07, 6.45) is -0.919. The van der Waals surface area contributed by atoms with Crippen molar-refractivity contribution in [2.75, 3.05) is 32.8 Å². The van der Waals surface area contributed by atoms with Crippen molar-refractivity contribution < 1.29 is 22.3 Å². The molecule has 0 bridgehead atoms. The van der Waals surface area contributed by atoms with E-state index in [0.29, 0.717) is 44.4 Å². The average Bonchev–Trinajstić information content (AvgIpc) is 3.24. The summed E-state index contributed by atoms with van der Waals surface area (Å²) in [5.41, 5.74) is 0. The van der Waals surface area contributed by atoms with Gasteiger partial charge >= 0.3 is 6.18 Å². The highest BCUT2D eigenvalue weighted by Gasteiger charge is 2.25. The van der Waals surface area contributed by atoms with Gasteiger partial charge in [0.1, 0.15) is 5.76 Å². The molecule has 2 N–H and O–H groups in total. The van der Waals surface area contributed by atoms with Gasteiger partial charge in [0.2, 0.25) is 0 Å². The standard InChI is InChI=1S/C17H26F3N3O2.HI/c18-17(19,20)7-1-2-8-21-16(23-12-14-6-11-24-13-14)22-9-5-15-4-3-10-25-15;/h3-4,10,14H,1-2,5-9,11-13H2,(H2,21,22,23);1H. The van der Waals surface area contributed by atoms with Crippen molar-refractivity contribution >= 4 is 29.9 Å². The number of alkyl halides is 3. The van der Waals surface area contributed by atoms with Gasteiger partial charge in [-0.1, -0.05) is 0 Å². The van der Waals surface area contributed by atoms with Crippen LogP contribution in [0, 0.1) is 5.92 Å². The third-order valence-corrected chi connectivity index (χ3v) is 3.96. The van der Waals surface area contributed by atoms with E-state index < -0.39 is 12.6 Å².